The molecule has 0 atom stereocenters. The average Bonchev–Trinajstić information content (AvgIpc) is 2.37. The van der Waals surface area contributed by atoms with E-state index in [1.807, 2.05) is 0 Å². The Morgan fingerprint density at radius 2 is 1.95 bits per heavy atom. The molecule has 0 aromatic carbocycles. The van der Waals surface area contributed by atoms with E-state index in [1.165, 1.54) is 12.4 Å². The zero-order valence-corrected chi connectivity index (χ0v) is 9.86. The Morgan fingerprint density at radius 3 is 2.53 bits per heavy atom. The molecule has 0 spiro atoms. The van der Waals surface area contributed by atoms with E-state index in [4.69, 9.17) is 5.26 Å². The predicted octanol–water partition coefficient (Wildman–Crippen LogP) is 3.34. The van der Waals surface area contributed by atoms with Gasteiger partial charge in [0.15, 0.2) is 0 Å². The first-order valence-electron chi connectivity index (χ1n) is 5.32. The SMILES string of the molecule is Cc1ccncc1-c1cc(C#N)ncc1C(F)(F)F. The lowest BCUT2D eigenvalue weighted by Gasteiger charge is -2.13. The number of halogens is 3. The van der Waals surface area contributed by atoms with Gasteiger partial charge < -0.3 is 0 Å². The molecule has 0 saturated heterocycles. The molecule has 2 aromatic rings. The summed E-state index contributed by atoms with van der Waals surface area (Å²) in [4.78, 5) is 7.31. The first-order chi connectivity index (χ1) is 8.93. The van der Waals surface area contributed by atoms with E-state index in [2.05, 4.69) is 9.97 Å². The lowest BCUT2D eigenvalue weighted by Crippen LogP contribution is -2.09. The molecule has 6 heteroatoms. The minimum absolute atomic E-state index is 0.0637. The van der Waals surface area contributed by atoms with E-state index in [-0.39, 0.29) is 11.3 Å². The summed E-state index contributed by atoms with van der Waals surface area (Å²) in [7, 11) is 0. The molecule has 3 nitrogen and oxygen atoms in total. The summed E-state index contributed by atoms with van der Waals surface area (Å²) >= 11 is 0. The Kier molecular flexibility index (Phi) is 3.21. The maximum absolute atomic E-state index is 13.0. The fraction of sp³-hybridized carbons (Fsp3) is 0.154. The van der Waals surface area contributed by atoms with Crippen LogP contribution in [0.15, 0.2) is 30.7 Å². The van der Waals surface area contributed by atoms with Crippen LogP contribution in [0.3, 0.4) is 0 Å². The van der Waals surface area contributed by atoms with Crippen molar-refractivity contribution in [3.05, 3.63) is 47.5 Å². The highest BCUT2D eigenvalue weighted by Crippen LogP contribution is 2.37. The second-order valence-electron chi connectivity index (χ2n) is 3.92. The minimum atomic E-state index is -4.53. The number of nitriles is 1. The van der Waals surface area contributed by atoms with Crippen LogP contribution in [0.1, 0.15) is 16.8 Å². The number of hydrogen-bond acceptors (Lipinski definition) is 3. The molecule has 0 saturated carbocycles. The largest absolute Gasteiger partial charge is 0.418 e. The quantitative estimate of drug-likeness (QED) is 0.792. The van der Waals surface area contributed by atoms with Crippen molar-refractivity contribution < 1.29 is 13.2 Å². The van der Waals surface area contributed by atoms with Gasteiger partial charge in [0.2, 0.25) is 0 Å². The fourth-order valence-corrected chi connectivity index (χ4v) is 1.71. The smallest absolute Gasteiger partial charge is 0.264 e. The summed E-state index contributed by atoms with van der Waals surface area (Å²) < 4.78 is 38.9. The third kappa shape index (κ3) is 2.55. The van der Waals surface area contributed by atoms with Gasteiger partial charge in [0.1, 0.15) is 11.8 Å². The van der Waals surface area contributed by atoms with Crippen LogP contribution >= 0.6 is 0 Å². The summed E-state index contributed by atoms with van der Waals surface area (Å²) in [5.41, 5.74) is -0.0252. The first-order valence-corrected chi connectivity index (χ1v) is 5.32. The molecule has 0 bridgehead atoms. The van der Waals surface area contributed by atoms with Gasteiger partial charge in [0.05, 0.1) is 5.56 Å². The Labute approximate surface area is 107 Å². The second-order valence-corrected chi connectivity index (χ2v) is 3.92. The van der Waals surface area contributed by atoms with Crippen LogP contribution in [-0.2, 0) is 6.18 Å². The number of hydrogen-bond donors (Lipinski definition) is 0. The van der Waals surface area contributed by atoms with Crippen LogP contribution < -0.4 is 0 Å². The third-order valence-corrected chi connectivity index (χ3v) is 2.65. The van der Waals surface area contributed by atoms with Gasteiger partial charge in [-0.15, -0.1) is 0 Å². The van der Waals surface area contributed by atoms with E-state index >= 15 is 0 Å². The monoisotopic (exact) mass is 263 g/mol. The molecule has 0 aliphatic carbocycles. The predicted molar refractivity (Wildman–Crippen MR) is 61.9 cm³/mol. The number of rotatable bonds is 1. The van der Waals surface area contributed by atoms with E-state index in [0.29, 0.717) is 17.3 Å². The van der Waals surface area contributed by atoms with Crippen LogP contribution in [0, 0.1) is 18.3 Å². The molecule has 0 radical (unpaired) electrons. The van der Waals surface area contributed by atoms with Gasteiger partial charge in [-0.05, 0) is 24.6 Å². The van der Waals surface area contributed by atoms with Crippen molar-refractivity contribution in [3.63, 3.8) is 0 Å². The number of aromatic nitrogens is 2. The maximum Gasteiger partial charge on any atom is 0.418 e. The zero-order chi connectivity index (χ0) is 14.0. The second kappa shape index (κ2) is 4.69. The van der Waals surface area contributed by atoms with Gasteiger partial charge in [0, 0.05) is 29.7 Å². The molecule has 0 fully saturated rings. The van der Waals surface area contributed by atoms with Gasteiger partial charge in [0.25, 0.3) is 0 Å². The summed E-state index contributed by atoms with van der Waals surface area (Å²) in [5.74, 6) is 0. The molecule has 2 rings (SSSR count). The number of aryl methyl sites for hydroxylation is 1. The van der Waals surface area contributed by atoms with Crippen LogP contribution in [0.4, 0.5) is 13.2 Å². The molecule has 2 aromatic heterocycles. The van der Waals surface area contributed by atoms with Crippen molar-refractivity contribution in [2.45, 2.75) is 13.1 Å². The number of nitrogens with zero attached hydrogens (tertiary/aromatic N) is 3. The summed E-state index contributed by atoms with van der Waals surface area (Å²) in [6, 6.07) is 4.48. The zero-order valence-electron chi connectivity index (χ0n) is 9.86. The molecule has 2 heterocycles. The molecular formula is C13H8F3N3. The summed E-state index contributed by atoms with van der Waals surface area (Å²) in [6.07, 6.45) is -1.00. The molecule has 0 N–H and O–H groups in total. The van der Waals surface area contributed by atoms with Crippen molar-refractivity contribution in [2.24, 2.45) is 0 Å². The molecule has 0 amide bonds. The Balaban J connectivity index is 2.74. The maximum atomic E-state index is 13.0. The molecule has 0 unspecified atom stereocenters. The molecule has 0 aliphatic heterocycles. The number of alkyl halides is 3. The number of pyridine rings is 2. The Hall–Kier alpha value is -2.42. The Bertz CT molecular complexity index is 657. The van der Waals surface area contributed by atoms with Gasteiger partial charge in [-0.1, -0.05) is 0 Å². The first kappa shape index (κ1) is 13.0. The van der Waals surface area contributed by atoms with Crippen LogP contribution in [0.5, 0.6) is 0 Å². The van der Waals surface area contributed by atoms with Gasteiger partial charge in [-0.3, -0.25) is 4.98 Å². The topological polar surface area (TPSA) is 49.6 Å². The summed E-state index contributed by atoms with van der Waals surface area (Å²) in [6.45, 7) is 1.68. The standard InChI is InChI=1S/C13H8F3N3/c1-8-2-3-18-6-11(8)10-4-9(5-17)19-7-12(10)13(14,15)16/h2-4,6-7H,1H3. The Morgan fingerprint density at radius 1 is 1.21 bits per heavy atom. The van der Waals surface area contributed by atoms with Gasteiger partial charge >= 0.3 is 6.18 Å². The highest BCUT2D eigenvalue weighted by atomic mass is 19.4. The molecule has 96 valence electrons. The van der Waals surface area contributed by atoms with Gasteiger partial charge in [-0.2, -0.15) is 18.4 Å². The van der Waals surface area contributed by atoms with Crippen molar-refractivity contribution in [2.75, 3.05) is 0 Å². The van der Waals surface area contributed by atoms with Crippen molar-refractivity contribution in [1.29, 1.82) is 5.26 Å². The highest BCUT2D eigenvalue weighted by molar-refractivity contribution is 5.70. The lowest BCUT2D eigenvalue weighted by molar-refractivity contribution is -0.137. The van der Waals surface area contributed by atoms with Gasteiger partial charge in [-0.25, -0.2) is 4.98 Å². The van der Waals surface area contributed by atoms with Crippen molar-refractivity contribution in [1.82, 2.24) is 9.97 Å². The molecule has 19 heavy (non-hydrogen) atoms. The van der Waals surface area contributed by atoms with Crippen molar-refractivity contribution >= 4 is 0 Å². The molecule has 0 aliphatic rings. The van der Waals surface area contributed by atoms with Crippen LogP contribution in [-0.4, -0.2) is 9.97 Å². The fourth-order valence-electron chi connectivity index (χ4n) is 1.71. The van der Waals surface area contributed by atoms with E-state index < -0.39 is 11.7 Å². The molecular weight excluding hydrogens is 255 g/mol. The average molecular weight is 263 g/mol. The third-order valence-electron chi connectivity index (χ3n) is 2.65. The van der Waals surface area contributed by atoms with Crippen LogP contribution in [0.2, 0.25) is 0 Å². The highest BCUT2D eigenvalue weighted by Gasteiger charge is 2.34. The minimum Gasteiger partial charge on any atom is -0.264 e. The lowest BCUT2D eigenvalue weighted by atomic mass is 9.98. The van der Waals surface area contributed by atoms with E-state index in [9.17, 15) is 13.2 Å². The van der Waals surface area contributed by atoms with Crippen LogP contribution in [0.25, 0.3) is 11.1 Å². The van der Waals surface area contributed by atoms with E-state index in [0.717, 1.165) is 6.07 Å². The van der Waals surface area contributed by atoms with E-state index in [1.54, 1.807) is 19.1 Å². The summed E-state index contributed by atoms with van der Waals surface area (Å²) in [5, 5.41) is 8.76. The van der Waals surface area contributed by atoms with Crippen molar-refractivity contribution in [3.8, 4) is 17.2 Å². The normalized spacial score (nSPS) is 11.1.